The highest BCUT2D eigenvalue weighted by Crippen LogP contribution is 2.16. The first-order chi connectivity index (χ1) is 7.65. The third-order valence-corrected chi connectivity index (χ3v) is 3.00. The van der Waals surface area contributed by atoms with Gasteiger partial charge in [0.2, 0.25) is 0 Å². The van der Waals surface area contributed by atoms with Crippen molar-refractivity contribution >= 4 is 34.5 Å². The Morgan fingerprint density at radius 1 is 1.38 bits per heavy atom. The first-order valence-electron chi connectivity index (χ1n) is 4.64. The Balaban J connectivity index is 2.10. The van der Waals surface area contributed by atoms with E-state index in [0.717, 1.165) is 11.3 Å². The lowest BCUT2D eigenvalue weighted by Crippen LogP contribution is -2.12. The Bertz CT molecular complexity index is 507. The number of hydrogen-bond acceptors (Lipinski definition) is 3. The highest BCUT2D eigenvalue weighted by molar-refractivity contribution is 7.14. The Kier molecular flexibility index (Phi) is 3.22. The fraction of sp³-hybridized carbons (Fsp3) is 0.0909. The van der Waals surface area contributed by atoms with Gasteiger partial charge in [0.15, 0.2) is 4.47 Å². The second-order valence-corrected chi connectivity index (χ2v) is 4.75. The third kappa shape index (κ3) is 2.59. The van der Waals surface area contributed by atoms with Gasteiger partial charge in [-0.15, -0.1) is 11.3 Å². The van der Waals surface area contributed by atoms with Crippen LogP contribution in [-0.4, -0.2) is 10.9 Å². The molecule has 16 heavy (non-hydrogen) atoms. The lowest BCUT2D eigenvalue weighted by atomic mass is 10.2. The first kappa shape index (κ1) is 11.1. The topological polar surface area (TPSA) is 42.0 Å². The van der Waals surface area contributed by atoms with E-state index in [9.17, 15) is 4.79 Å². The average Bonchev–Trinajstić information content (AvgIpc) is 2.68. The summed E-state index contributed by atoms with van der Waals surface area (Å²) >= 11 is 6.89. The summed E-state index contributed by atoms with van der Waals surface area (Å²) in [6.45, 7) is 1.99. The Morgan fingerprint density at radius 2 is 2.06 bits per heavy atom. The number of halogens is 1. The monoisotopic (exact) mass is 252 g/mol. The molecule has 0 atom stereocenters. The summed E-state index contributed by atoms with van der Waals surface area (Å²) in [5, 5.41) is 4.38. The molecule has 82 valence electrons. The van der Waals surface area contributed by atoms with Crippen molar-refractivity contribution in [1.29, 1.82) is 0 Å². The van der Waals surface area contributed by atoms with Crippen molar-refractivity contribution < 1.29 is 4.79 Å². The van der Waals surface area contributed by atoms with Gasteiger partial charge in [0.25, 0.3) is 5.91 Å². The smallest absolute Gasteiger partial charge is 0.275 e. The number of nitrogens with one attached hydrogen (secondary N) is 1. The van der Waals surface area contributed by atoms with Gasteiger partial charge in [0.1, 0.15) is 5.69 Å². The number of aryl methyl sites for hydroxylation is 1. The summed E-state index contributed by atoms with van der Waals surface area (Å²) in [7, 11) is 0. The van der Waals surface area contributed by atoms with Crippen LogP contribution in [0.15, 0.2) is 29.6 Å². The summed E-state index contributed by atoms with van der Waals surface area (Å²) in [5.41, 5.74) is 2.24. The quantitative estimate of drug-likeness (QED) is 0.891. The number of nitrogens with zero attached hydrogens (tertiary/aromatic N) is 1. The highest BCUT2D eigenvalue weighted by Gasteiger charge is 2.09. The molecule has 0 fully saturated rings. The van der Waals surface area contributed by atoms with E-state index >= 15 is 0 Å². The van der Waals surface area contributed by atoms with Crippen LogP contribution >= 0.6 is 22.9 Å². The van der Waals surface area contributed by atoms with Crippen LogP contribution in [0.2, 0.25) is 4.47 Å². The molecule has 1 aromatic carbocycles. The molecular weight excluding hydrogens is 244 g/mol. The molecule has 0 aliphatic heterocycles. The number of carbonyl (C=O) groups is 1. The van der Waals surface area contributed by atoms with Gasteiger partial charge in [-0.2, -0.15) is 0 Å². The Morgan fingerprint density at radius 3 is 2.62 bits per heavy atom. The zero-order chi connectivity index (χ0) is 11.5. The van der Waals surface area contributed by atoms with Crippen molar-refractivity contribution in [2.45, 2.75) is 6.92 Å². The zero-order valence-electron chi connectivity index (χ0n) is 8.53. The number of anilines is 1. The molecule has 0 aliphatic rings. The lowest BCUT2D eigenvalue weighted by molar-refractivity contribution is 0.102. The Hall–Kier alpha value is -1.39. The van der Waals surface area contributed by atoms with Crippen LogP contribution in [0.3, 0.4) is 0 Å². The maximum atomic E-state index is 11.7. The fourth-order valence-corrected chi connectivity index (χ4v) is 1.93. The molecule has 1 amide bonds. The van der Waals surface area contributed by atoms with Gasteiger partial charge in [0.05, 0.1) is 0 Å². The molecule has 0 spiro atoms. The minimum absolute atomic E-state index is 0.244. The van der Waals surface area contributed by atoms with E-state index < -0.39 is 0 Å². The van der Waals surface area contributed by atoms with Crippen LogP contribution in [0.5, 0.6) is 0 Å². The number of aromatic nitrogens is 1. The fourth-order valence-electron chi connectivity index (χ4n) is 1.19. The largest absolute Gasteiger partial charge is 0.321 e. The van der Waals surface area contributed by atoms with Crippen molar-refractivity contribution in [3.63, 3.8) is 0 Å². The number of thiazole rings is 1. The van der Waals surface area contributed by atoms with E-state index in [1.54, 1.807) is 5.38 Å². The van der Waals surface area contributed by atoms with Crippen molar-refractivity contribution in [1.82, 2.24) is 4.98 Å². The van der Waals surface area contributed by atoms with Gasteiger partial charge in [0, 0.05) is 11.1 Å². The molecule has 2 aromatic rings. The molecule has 1 aromatic heterocycles. The molecule has 1 heterocycles. The van der Waals surface area contributed by atoms with E-state index in [2.05, 4.69) is 10.3 Å². The predicted molar refractivity (Wildman–Crippen MR) is 66.3 cm³/mol. The minimum atomic E-state index is -0.244. The highest BCUT2D eigenvalue weighted by atomic mass is 35.5. The first-order valence-corrected chi connectivity index (χ1v) is 5.90. The molecule has 0 radical (unpaired) electrons. The van der Waals surface area contributed by atoms with Crippen LogP contribution in [0.4, 0.5) is 5.69 Å². The summed E-state index contributed by atoms with van der Waals surface area (Å²) in [6.07, 6.45) is 0. The number of benzene rings is 1. The van der Waals surface area contributed by atoms with E-state index in [1.807, 2.05) is 31.2 Å². The molecule has 1 N–H and O–H groups in total. The van der Waals surface area contributed by atoms with Crippen LogP contribution in [-0.2, 0) is 0 Å². The second-order valence-electron chi connectivity index (χ2n) is 3.31. The van der Waals surface area contributed by atoms with E-state index in [0.29, 0.717) is 10.2 Å². The maximum absolute atomic E-state index is 11.7. The van der Waals surface area contributed by atoms with Crippen molar-refractivity contribution in [3.8, 4) is 0 Å². The molecule has 0 saturated carbocycles. The molecule has 0 unspecified atom stereocenters. The van der Waals surface area contributed by atoms with Gasteiger partial charge in [-0.3, -0.25) is 4.79 Å². The molecule has 0 aliphatic carbocycles. The van der Waals surface area contributed by atoms with E-state index in [-0.39, 0.29) is 5.91 Å². The number of amides is 1. The summed E-state index contributed by atoms with van der Waals surface area (Å²) in [5.74, 6) is -0.244. The SMILES string of the molecule is Cc1ccc(NC(=O)c2csc(Cl)n2)cc1. The van der Waals surface area contributed by atoms with Gasteiger partial charge in [-0.05, 0) is 19.1 Å². The normalized spacial score (nSPS) is 10.1. The van der Waals surface area contributed by atoms with Crippen molar-refractivity contribution in [2.75, 3.05) is 5.32 Å². The third-order valence-electron chi connectivity index (χ3n) is 2.02. The standard InChI is InChI=1S/C11H9ClN2OS/c1-7-2-4-8(5-3-7)13-10(15)9-6-16-11(12)14-9/h2-6H,1H3,(H,13,15). The molecule has 3 nitrogen and oxygen atoms in total. The Labute approximate surface area is 102 Å². The van der Waals surface area contributed by atoms with E-state index in [1.165, 1.54) is 11.3 Å². The van der Waals surface area contributed by atoms with Crippen LogP contribution in [0, 0.1) is 6.92 Å². The molecule has 2 rings (SSSR count). The predicted octanol–water partition coefficient (Wildman–Crippen LogP) is 3.36. The summed E-state index contributed by atoms with van der Waals surface area (Å²) < 4.78 is 0.369. The molecule has 5 heteroatoms. The van der Waals surface area contributed by atoms with Crippen LogP contribution < -0.4 is 5.32 Å². The van der Waals surface area contributed by atoms with Gasteiger partial charge >= 0.3 is 0 Å². The second kappa shape index (κ2) is 4.63. The van der Waals surface area contributed by atoms with Gasteiger partial charge in [-0.25, -0.2) is 4.98 Å². The lowest BCUT2D eigenvalue weighted by Gasteiger charge is -2.02. The van der Waals surface area contributed by atoms with Crippen molar-refractivity contribution in [3.05, 3.63) is 45.4 Å². The minimum Gasteiger partial charge on any atom is -0.321 e. The number of hydrogen-bond donors (Lipinski definition) is 1. The number of rotatable bonds is 2. The van der Waals surface area contributed by atoms with Crippen LogP contribution in [0.1, 0.15) is 16.1 Å². The average molecular weight is 253 g/mol. The summed E-state index contributed by atoms with van der Waals surface area (Å²) in [4.78, 5) is 15.6. The number of carbonyl (C=O) groups excluding carboxylic acids is 1. The summed E-state index contributed by atoms with van der Waals surface area (Å²) in [6, 6.07) is 7.57. The molecule has 0 bridgehead atoms. The van der Waals surface area contributed by atoms with E-state index in [4.69, 9.17) is 11.6 Å². The van der Waals surface area contributed by atoms with Gasteiger partial charge < -0.3 is 5.32 Å². The maximum Gasteiger partial charge on any atom is 0.275 e. The van der Waals surface area contributed by atoms with Gasteiger partial charge in [-0.1, -0.05) is 29.3 Å². The molecule has 0 saturated heterocycles. The molecular formula is C11H9ClN2OS. The van der Waals surface area contributed by atoms with Crippen LogP contribution in [0.25, 0.3) is 0 Å². The van der Waals surface area contributed by atoms with Crippen molar-refractivity contribution in [2.24, 2.45) is 0 Å². The zero-order valence-corrected chi connectivity index (χ0v) is 10.1.